The molecule has 5 nitrogen and oxygen atoms in total. The lowest BCUT2D eigenvalue weighted by Gasteiger charge is -2.19. The maximum atomic E-state index is 12.2. The summed E-state index contributed by atoms with van der Waals surface area (Å²) in [5.41, 5.74) is 0.129. The maximum absolute atomic E-state index is 12.2. The van der Waals surface area contributed by atoms with E-state index >= 15 is 0 Å². The highest BCUT2D eigenvalue weighted by Crippen LogP contribution is 2.49. The summed E-state index contributed by atoms with van der Waals surface area (Å²) in [6, 6.07) is 7.07. The first-order chi connectivity index (χ1) is 9.73. The molecule has 0 aliphatic rings. The third-order valence-electron chi connectivity index (χ3n) is 2.75. The topological polar surface area (TPSA) is 61.8 Å². The summed E-state index contributed by atoms with van der Waals surface area (Å²) in [7, 11) is -3.88. The van der Waals surface area contributed by atoms with Gasteiger partial charge in [-0.15, -0.1) is 0 Å². The second-order valence-electron chi connectivity index (χ2n) is 5.48. The van der Waals surface area contributed by atoms with E-state index in [0.29, 0.717) is 5.75 Å². The van der Waals surface area contributed by atoms with Crippen molar-refractivity contribution in [3.63, 3.8) is 0 Å². The van der Waals surface area contributed by atoms with E-state index in [1.165, 1.54) is 0 Å². The molecule has 0 aliphatic heterocycles. The molecule has 1 aromatic rings. The van der Waals surface area contributed by atoms with Gasteiger partial charge in [-0.1, -0.05) is 32.9 Å². The predicted molar refractivity (Wildman–Crippen MR) is 82.0 cm³/mol. The predicted octanol–water partition coefficient (Wildman–Crippen LogP) is 4.75. The number of ether oxygens (including phenoxy) is 1. The zero-order chi connectivity index (χ0) is 16.1. The average molecular weight is 314 g/mol. The van der Waals surface area contributed by atoms with Gasteiger partial charge in [0.05, 0.1) is 13.2 Å². The summed E-state index contributed by atoms with van der Waals surface area (Å²) in [4.78, 5) is 12.0. The monoisotopic (exact) mass is 314 g/mol. The van der Waals surface area contributed by atoms with Gasteiger partial charge in [0.15, 0.2) is 0 Å². The van der Waals surface area contributed by atoms with Crippen LogP contribution in [0.15, 0.2) is 24.3 Å². The molecule has 0 N–H and O–H groups in total. The molecule has 0 saturated heterocycles. The Labute approximate surface area is 126 Å². The van der Waals surface area contributed by atoms with E-state index in [0.717, 1.165) is 5.56 Å². The van der Waals surface area contributed by atoms with Crippen LogP contribution in [0.3, 0.4) is 0 Å². The maximum Gasteiger partial charge on any atom is 0.438 e. The van der Waals surface area contributed by atoms with Crippen molar-refractivity contribution in [3.8, 4) is 5.75 Å². The van der Waals surface area contributed by atoms with Gasteiger partial charge in [0, 0.05) is 0 Å². The summed E-state index contributed by atoms with van der Waals surface area (Å²) < 4.78 is 27.2. The zero-order valence-corrected chi connectivity index (χ0v) is 14.1. The van der Waals surface area contributed by atoms with Crippen LogP contribution in [0, 0.1) is 0 Å². The van der Waals surface area contributed by atoms with E-state index in [4.69, 9.17) is 13.8 Å². The second-order valence-corrected chi connectivity index (χ2v) is 7.35. The minimum Gasteiger partial charge on any atom is -0.417 e. The molecule has 1 rings (SSSR count). The molecule has 0 fully saturated rings. The van der Waals surface area contributed by atoms with Gasteiger partial charge in [-0.2, -0.15) is 0 Å². The molecule has 118 valence electrons. The Balaban J connectivity index is 2.85. The van der Waals surface area contributed by atoms with E-state index < -0.39 is 13.3 Å². The van der Waals surface area contributed by atoms with Gasteiger partial charge < -0.3 is 13.8 Å². The van der Waals surface area contributed by atoms with Gasteiger partial charge in [0.25, 0.3) is 0 Å². The van der Waals surface area contributed by atoms with Crippen molar-refractivity contribution in [2.45, 2.75) is 40.0 Å². The fraction of sp³-hybridized carbons (Fsp3) is 0.533. The molecule has 1 aromatic carbocycles. The lowest BCUT2D eigenvalue weighted by molar-refractivity contribution is 0.185. The van der Waals surface area contributed by atoms with Gasteiger partial charge in [0.1, 0.15) is 5.75 Å². The van der Waals surface area contributed by atoms with Crippen molar-refractivity contribution in [3.05, 3.63) is 29.8 Å². The minimum atomic E-state index is -3.88. The van der Waals surface area contributed by atoms with E-state index in [2.05, 4.69) is 20.8 Å². The molecular weight excluding hydrogens is 291 g/mol. The zero-order valence-electron chi connectivity index (χ0n) is 13.2. The summed E-state index contributed by atoms with van der Waals surface area (Å²) in [5, 5.41) is 0. The lowest BCUT2D eigenvalue weighted by atomic mass is 9.87. The first-order valence-corrected chi connectivity index (χ1v) is 8.49. The van der Waals surface area contributed by atoms with Gasteiger partial charge in [-0.05, 0) is 37.0 Å². The summed E-state index contributed by atoms with van der Waals surface area (Å²) >= 11 is 0. The molecule has 21 heavy (non-hydrogen) atoms. The number of carbonyl (C=O) groups is 1. The largest absolute Gasteiger partial charge is 0.438 e. The van der Waals surface area contributed by atoms with Gasteiger partial charge in [0.2, 0.25) is 0 Å². The molecule has 0 heterocycles. The van der Waals surface area contributed by atoms with E-state index in [1.807, 2.05) is 12.1 Å². The van der Waals surface area contributed by atoms with Crippen molar-refractivity contribution >= 4 is 13.3 Å². The summed E-state index contributed by atoms with van der Waals surface area (Å²) in [6.45, 7) is 9.75. The fourth-order valence-corrected chi connectivity index (χ4v) is 2.84. The minimum absolute atomic E-state index is 0.00841. The van der Waals surface area contributed by atoms with Crippen LogP contribution in [0.25, 0.3) is 0 Å². The molecule has 0 amide bonds. The van der Waals surface area contributed by atoms with Crippen molar-refractivity contribution in [1.82, 2.24) is 0 Å². The van der Waals surface area contributed by atoms with Crippen LogP contribution in [0.1, 0.15) is 40.2 Å². The molecular formula is C15H23O5P. The Hall–Kier alpha value is -1.16. The van der Waals surface area contributed by atoms with Crippen LogP contribution in [-0.2, 0) is 19.0 Å². The van der Waals surface area contributed by atoms with Gasteiger partial charge in [-0.25, -0.2) is 9.36 Å². The SMILES string of the molecule is CCOP(=O)(OCC)C(=O)Oc1ccc(C(C)(C)C)cc1. The number of benzene rings is 1. The number of hydrogen-bond donors (Lipinski definition) is 0. The van der Waals surface area contributed by atoms with Crippen molar-refractivity contribution in [2.75, 3.05) is 13.2 Å². The third-order valence-corrected chi connectivity index (χ3v) is 4.48. The Morgan fingerprint density at radius 1 is 1.05 bits per heavy atom. The lowest BCUT2D eigenvalue weighted by Crippen LogP contribution is -2.13. The number of carbonyl (C=O) groups excluding carboxylic acids is 1. The normalized spacial score (nSPS) is 12.2. The Bertz CT molecular complexity index is 506. The van der Waals surface area contributed by atoms with Crippen molar-refractivity contribution < 1.29 is 23.1 Å². The van der Waals surface area contributed by atoms with E-state index in [1.54, 1.807) is 26.0 Å². The van der Waals surface area contributed by atoms with Crippen LogP contribution in [-0.4, -0.2) is 18.9 Å². The molecule has 0 spiro atoms. The molecule has 0 unspecified atom stereocenters. The first-order valence-electron chi connectivity index (χ1n) is 6.95. The average Bonchev–Trinajstić information content (AvgIpc) is 2.38. The van der Waals surface area contributed by atoms with Crippen molar-refractivity contribution in [2.24, 2.45) is 0 Å². The third kappa shape index (κ3) is 4.95. The first kappa shape index (κ1) is 17.9. The van der Waals surface area contributed by atoms with E-state index in [-0.39, 0.29) is 18.6 Å². The highest BCUT2D eigenvalue weighted by Gasteiger charge is 2.36. The molecule has 0 atom stereocenters. The Morgan fingerprint density at radius 2 is 1.52 bits per heavy atom. The molecule has 6 heteroatoms. The molecule has 0 aliphatic carbocycles. The Kier molecular flexibility index (Phi) is 6.14. The Morgan fingerprint density at radius 3 is 1.90 bits per heavy atom. The smallest absolute Gasteiger partial charge is 0.417 e. The fourth-order valence-electron chi connectivity index (χ4n) is 1.66. The summed E-state index contributed by atoms with van der Waals surface area (Å²) in [6.07, 6.45) is 0. The van der Waals surface area contributed by atoms with E-state index in [9.17, 15) is 9.36 Å². The number of hydrogen-bond acceptors (Lipinski definition) is 5. The molecule has 0 bridgehead atoms. The second kappa shape index (κ2) is 7.21. The van der Waals surface area contributed by atoms with Crippen molar-refractivity contribution in [1.29, 1.82) is 0 Å². The number of rotatable bonds is 6. The molecule has 0 radical (unpaired) electrons. The van der Waals surface area contributed by atoms with Crippen LogP contribution in [0.4, 0.5) is 4.79 Å². The van der Waals surface area contributed by atoms with Crippen LogP contribution < -0.4 is 4.74 Å². The van der Waals surface area contributed by atoms with Crippen LogP contribution in [0.5, 0.6) is 5.75 Å². The van der Waals surface area contributed by atoms with Crippen LogP contribution >= 0.6 is 7.60 Å². The standard InChI is InChI=1S/C15H23O5P/c1-6-18-21(17,19-7-2)14(16)20-13-10-8-12(9-11-13)15(3,4)5/h8-11H,6-7H2,1-5H3. The van der Waals surface area contributed by atoms with Crippen LogP contribution in [0.2, 0.25) is 0 Å². The molecule has 0 aromatic heterocycles. The quantitative estimate of drug-likeness (QED) is 0.709. The molecule has 0 saturated carbocycles. The van der Waals surface area contributed by atoms with Gasteiger partial charge in [-0.3, -0.25) is 0 Å². The summed E-state index contributed by atoms with van der Waals surface area (Å²) in [5.74, 6) is 0.313. The van der Waals surface area contributed by atoms with Gasteiger partial charge >= 0.3 is 13.3 Å². The highest BCUT2D eigenvalue weighted by atomic mass is 31.2. The highest BCUT2D eigenvalue weighted by molar-refractivity contribution is 7.71.